The molecule has 0 saturated heterocycles. The molecule has 0 spiro atoms. The van der Waals surface area contributed by atoms with Crippen LogP contribution in [0.1, 0.15) is 5.56 Å². The summed E-state index contributed by atoms with van der Waals surface area (Å²) >= 11 is 0. The Morgan fingerprint density at radius 3 is 2.75 bits per heavy atom. The van der Waals surface area contributed by atoms with Gasteiger partial charge in [0.05, 0.1) is 17.6 Å². The van der Waals surface area contributed by atoms with Gasteiger partial charge in [0.15, 0.2) is 0 Å². The fourth-order valence-electron chi connectivity index (χ4n) is 2.54. The number of rotatable bonds is 1. The van der Waals surface area contributed by atoms with E-state index in [2.05, 4.69) is 9.97 Å². The van der Waals surface area contributed by atoms with Crippen molar-refractivity contribution >= 4 is 28.4 Å². The van der Waals surface area contributed by atoms with Gasteiger partial charge < -0.3 is 0 Å². The fraction of sp³-hybridized carbons (Fsp3) is 0.0625. The van der Waals surface area contributed by atoms with E-state index in [4.69, 9.17) is 0 Å². The van der Waals surface area contributed by atoms with E-state index >= 15 is 0 Å². The quantitative estimate of drug-likeness (QED) is 0.676. The van der Waals surface area contributed by atoms with Crippen LogP contribution >= 0.6 is 0 Å². The number of hydrogen-bond donors (Lipinski definition) is 0. The van der Waals surface area contributed by atoms with Crippen LogP contribution in [-0.4, -0.2) is 15.9 Å². The van der Waals surface area contributed by atoms with Crippen LogP contribution in [-0.2, 0) is 11.2 Å². The minimum absolute atomic E-state index is 0.0153. The Kier molecular flexibility index (Phi) is 2.29. The molecule has 20 heavy (non-hydrogen) atoms. The number of para-hydroxylation sites is 2. The average Bonchev–Trinajstić information content (AvgIpc) is 2.82. The van der Waals surface area contributed by atoms with Gasteiger partial charge in [-0.15, -0.1) is 0 Å². The Balaban J connectivity index is 1.89. The first kappa shape index (κ1) is 11.1. The maximum absolute atomic E-state index is 12.2. The second-order valence-corrected chi connectivity index (χ2v) is 4.76. The zero-order chi connectivity index (χ0) is 13.5. The summed E-state index contributed by atoms with van der Waals surface area (Å²) in [6, 6.07) is 15.5. The summed E-state index contributed by atoms with van der Waals surface area (Å²) in [6.07, 6.45) is 2.16. The second kappa shape index (κ2) is 4.13. The number of anilines is 2. The highest BCUT2D eigenvalue weighted by Gasteiger charge is 2.29. The van der Waals surface area contributed by atoms with E-state index in [1.54, 1.807) is 11.1 Å². The Morgan fingerprint density at radius 1 is 1.00 bits per heavy atom. The van der Waals surface area contributed by atoms with Gasteiger partial charge in [-0.1, -0.05) is 36.4 Å². The van der Waals surface area contributed by atoms with Gasteiger partial charge in [-0.2, -0.15) is 0 Å². The molecule has 2 heterocycles. The highest BCUT2D eigenvalue weighted by Crippen LogP contribution is 2.33. The highest BCUT2D eigenvalue weighted by molar-refractivity contribution is 6.06. The fourth-order valence-corrected chi connectivity index (χ4v) is 2.54. The minimum Gasteiger partial charge on any atom is -0.274 e. The van der Waals surface area contributed by atoms with Crippen LogP contribution in [0.4, 0.5) is 11.6 Å². The van der Waals surface area contributed by atoms with Gasteiger partial charge in [-0.25, -0.2) is 14.9 Å². The molecule has 4 nitrogen and oxygen atoms in total. The topological polar surface area (TPSA) is 46.1 Å². The van der Waals surface area contributed by atoms with E-state index in [1.165, 1.54) is 0 Å². The van der Waals surface area contributed by atoms with Crippen LogP contribution in [0.15, 0.2) is 54.7 Å². The molecule has 0 fully saturated rings. The minimum atomic E-state index is 0.0153. The molecule has 0 atom stereocenters. The number of hydrogen-bond acceptors (Lipinski definition) is 3. The lowest BCUT2D eigenvalue weighted by Crippen LogP contribution is -2.22. The van der Waals surface area contributed by atoms with Crippen molar-refractivity contribution < 1.29 is 4.79 Å². The highest BCUT2D eigenvalue weighted by atomic mass is 16.2. The van der Waals surface area contributed by atoms with E-state index in [-0.39, 0.29) is 5.91 Å². The normalized spacial score (nSPS) is 13.8. The van der Waals surface area contributed by atoms with Gasteiger partial charge in [0, 0.05) is 11.6 Å². The molecular formula is C16H11N3O. The average molecular weight is 261 g/mol. The Labute approximate surface area is 115 Å². The molecule has 0 unspecified atom stereocenters. The molecule has 4 rings (SSSR count). The summed E-state index contributed by atoms with van der Waals surface area (Å²) in [5.41, 5.74) is 2.75. The molecule has 1 aliphatic rings. The monoisotopic (exact) mass is 261 g/mol. The molecule has 2 aromatic carbocycles. The third-order valence-electron chi connectivity index (χ3n) is 3.50. The molecule has 1 aromatic heterocycles. The molecule has 3 aromatic rings. The molecule has 96 valence electrons. The van der Waals surface area contributed by atoms with Crippen LogP contribution in [0.5, 0.6) is 0 Å². The number of fused-ring (bicyclic) bond motifs is 2. The van der Waals surface area contributed by atoms with Crippen molar-refractivity contribution in [2.45, 2.75) is 6.42 Å². The van der Waals surface area contributed by atoms with Gasteiger partial charge in [0.2, 0.25) is 11.9 Å². The van der Waals surface area contributed by atoms with Crippen LogP contribution in [0, 0.1) is 0 Å². The number of aromatic nitrogens is 2. The molecule has 0 N–H and O–H groups in total. The van der Waals surface area contributed by atoms with Crippen molar-refractivity contribution in [2.24, 2.45) is 0 Å². The summed E-state index contributed by atoms with van der Waals surface area (Å²) in [5.74, 6) is 0.458. The lowest BCUT2D eigenvalue weighted by molar-refractivity contribution is -0.116. The van der Waals surface area contributed by atoms with E-state index in [1.807, 2.05) is 48.5 Å². The Hall–Kier alpha value is -2.75. The van der Waals surface area contributed by atoms with Gasteiger partial charge in [0.1, 0.15) is 0 Å². The number of carbonyl (C=O) groups excluding carboxylic acids is 1. The summed E-state index contributed by atoms with van der Waals surface area (Å²) in [5, 5.41) is 0.969. The first-order valence-corrected chi connectivity index (χ1v) is 6.45. The van der Waals surface area contributed by atoms with Crippen molar-refractivity contribution in [3.05, 3.63) is 60.3 Å². The molecule has 0 saturated carbocycles. The molecule has 1 amide bonds. The van der Waals surface area contributed by atoms with E-state index in [0.29, 0.717) is 12.4 Å². The lowest BCUT2D eigenvalue weighted by Gasteiger charge is -2.15. The predicted molar refractivity (Wildman–Crippen MR) is 76.8 cm³/mol. The number of benzene rings is 2. The summed E-state index contributed by atoms with van der Waals surface area (Å²) in [6.45, 7) is 0. The van der Waals surface area contributed by atoms with E-state index in [0.717, 1.165) is 22.2 Å². The first-order valence-electron chi connectivity index (χ1n) is 6.45. The molecule has 0 bridgehead atoms. The van der Waals surface area contributed by atoms with Crippen molar-refractivity contribution in [3.8, 4) is 0 Å². The SMILES string of the molecule is O=C1Cc2ccccc2N1c1ncc2ccccc2n1. The zero-order valence-electron chi connectivity index (χ0n) is 10.7. The maximum atomic E-state index is 12.2. The van der Waals surface area contributed by atoms with Crippen LogP contribution in [0.3, 0.4) is 0 Å². The smallest absolute Gasteiger partial charge is 0.238 e. The van der Waals surface area contributed by atoms with Gasteiger partial charge in [0.25, 0.3) is 0 Å². The van der Waals surface area contributed by atoms with Gasteiger partial charge in [-0.3, -0.25) is 4.79 Å². The van der Waals surface area contributed by atoms with Gasteiger partial charge >= 0.3 is 0 Å². The molecule has 0 aliphatic carbocycles. The molecule has 4 heteroatoms. The Bertz CT molecular complexity index is 829. The van der Waals surface area contributed by atoms with Crippen molar-refractivity contribution in [3.63, 3.8) is 0 Å². The molecule has 1 aliphatic heterocycles. The van der Waals surface area contributed by atoms with Crippen LogP contribution in [0.25, 0.3) is 10.9 Å². The van der Waals surface area contributed by atoms with Gasteiger partial charge in [-0.05, 0) is 17.7 Å². The molecule has 0 radical (unpaired) electrons. The number of amides is 1. The standard InChI is InChI=1S/C16H11N3O/c20-15-9-11-5-2-4-8-14(11)19(15)16-17-10-12-6-1-3-7-13(12)18-16/h1-8,10H,9H2. The first-order chi connectivity index (χ1) is 9.83. The number of nitrogens with zero attached hydrogens (tertiary/aromatic N) is 3. The maximum Gasteiger partial charge on any atom is 0.238 e. The summed E-state index contributed by atoms with van der Waals surface area (Å²) < 4.78 is 0. The molecular weight excluding hydrogens is 250 g/mol. The van der Waals surface area contributed by atoms with E-state index < -0.39 is 0 Å². The predicted octanol–water partition coefficient (Wildman–Crippen LogP) is 2.85. The van der Waals surface area contributed by atoms with Crippen LogP contribution < -0.4 is 4.90 Å². The summed E-state index contributed by atoms with van der Waals surface area (Å²) in [4.78, 5) is 22.6. The van der Waals surface area contributed by atoms with Crippen molar-refractivity contribution in [2.75, 3.05) is 4.90 Å². The van der Waals surface area contributed by atoms with Crippen LogP contribution in [0.2, 0.25) is 0 Å². The largest absolute Gasteiger partial charge is 0.274 e. The van der Waals surface area contributed by atoms with E-state index in [9.17, 15) is 4.79 Å². The zero-order valence-corrected chi connectivity index (χ0v) is 10.7. The van der Waals surface area contributed by atoms with Crippen molar-refractivity contribution in [1.82, 2.24) is 9.97 Å². The Morgan fingerprint density at radius 2 is 1.80 bits per heavy atom. The third kappa shape index (κ3) is 1.58. The third-order valence-corrected chi connectivity index (χ3v) is 3.50. The summed E-state index contributed by atoms with van der Waals surface area (Å²) in [7, 11) is 0. The second-order valence-electron chi connectivity index (χ2n) is 4.76. The lowest BCUT2D eigenvalue weighted by atomic mass is 10.2. The number of carbonyl (C=O) groups is 1. The van der Waals surface area contributed by atoms with Crippen molar-refractivity contribution in [1.29, 1.82) is 0 Å².